The second-order valence-electron chi connectivity index (χ2n) is 5.06. The lowest BCUT2D eigenvalue weighted by molar-refractivity contribution is 0.529. The first-order chi connectivity index (χ1) is 9.67. The quantitative estimate of drug-likeness (QED) is 0.740. The van der Waals surface area contributed by atoms with Crippen molar-refractivity contribution in [3.05, 3.63) is 42.0 Å². The van der Waals surface area contributed by atoms with Crippen molar-refractivity contribution >= 4 is 16.7 Å². The molecule has 0 bridgehead atoms. The third kappa shape index (κ3) is 2.27. The molecule has 2 aromatic heterocycles. The minimum absolute atomic E-state index is 0.757. The summed E-state index contributed by atoms with van der Waals surface area (Å²) < 4.78 is 4.23. The zero-order valence-corrected chi connectivity index (χ0v) is 11.9. The van der Waals surface area contributed by atoms with E-state index in [1.54, 1.807) is 0 Å². The van der Waals surface area contributed by atoms with E-state index in [1.807, 2.05) is 29.1 Å². The van der Waals surface area contributed by atoms with Gasteiger partial charge in [-0.25, -0.2) is 4.98 Å². The van der Waals surface area contributed by atoms with Gasteiger partial charge in [0.25, 0.3) is 0 Å². The van der Waals surface area contributed by atoms with Crippen molar-refractivity contribution in [3.63, 3.8) is 0 Å². The molecule has 3 rings (SSSR count). The molecule has 0 saturated carbocycles. The van der Waals surface area contributed by atoms with E-state index in [9.17, 15) is 0 Å². The first-order valence-electron chi connectivity index (χ1n) is 6.91. The Labute approximate surface area is 118 Å². The van der Waals surface area contributed by atoms with Crippen LogP contribution in [0.2, 0.25) is 0 Å². The van der Waals surface area contributed by atoms with Gasteiger partial charge in [-0.2, -0.15) is 5.10 Å². The Balaban J connectivity index is 1.93. The maximum Gasteiger partial charge on any atom is 0.109 e. The van der Waals surface area contributed by atoms with E-state index in [4.69, 9.17) is 5.73 Å². The third-order valence-electron chi connectivity index (χ3n) is 3.48. The molecule has 1 aromatic carbocycles. The van der Waals surface area contributed by atoms with Gasteiger partial charge in [0.2, 0.25) is 0 Å². The van der Waals surface area contributed by atoms with Crippen molar-refractivity contribution in [1.82, 2.24) is 19.3 Å². The van der Waals surface area contributed by atoms with Crippen LogP contribution in [0.15, 0.2) is 30.6 Å². The maximum absolute atomic E-state index is 5.83. The number of imidazole rings is 1. The number of nitrogens with two attached hydrogens (primary N) is 1. The average Bonchev–Trinajstić information content (AvgIpc) is 2.99. The van der Waals surface area contributed by atoms with E-state index >= 15 is 0 Å². The number of aromatic nitrogens is 4. The van der Waals surface area contributed by atoms with E-state index in [0.29, 0.717) is 0 Å². The monoisotopic (exact) mass is 269 g/mol. The SMILES string of the molecule is CCc1nc2cc(N)ccc2n1CCn1cc(C)cn1. The summed E-state index contributed by atoms with van der Waals surface area (Å²) in [5, 5.41) is 4.33. The van der Waals surface area contributed by atoms with Crippen LogP contribution in [0.4, 0.5) is 5.69 Å². The minimum atomic E-state index is 0.757. The summed E-state index contributed by atoms with van der Waals surface area (Å²) in [5.41, 5.74) is 9.88. The lowest BCUT2D eigenvalue weighted by atomic mass is 10.3. The Kier molecular flexibility index (Phi) is 3.18. The summed E-state index contributed by atoms with van der Waals surface area (Å²) in [5.74, 6) is 1.09. The molecule has 2 heterocycles. The van der Waals surface area contributed by atoms with Gasteiger partial charge in [0.15, 0.2) is 0 Å². The molecule has 2 N–H and O–H groups in total. The van der Waals surface area contributed by atoms with Gasteiger partial charge in [0, 0.05) is 24.8 Å². The number of rotatable bonds is 4. The van der Waals surface area contributed by atoms with Crippen molar-refractivity contribution in [2.75, 3.05) is 5.73 Å². The summed E-state index contributed by atoms with van der Waals surface area (Å²) >= 11 is 0. The molecule has 3 aromatic rings. The molecule has 0 saturated heterocycles. The molecule has 104 valence electrons. The van der Waals surface area contributed by atoms with Crippen molar-refractivity contribution in [2.24, 2.45) is 0 Å². The van der Waals surface area contributed by atoms with Gasteiger partial charge in [-0.05, 0) is 30.7 Å². The molecular formula is C15H19N5. The minimum Gasteiger partial charge on any atom is -0.399 e. The molecule has 0 atom stereocenters. The molecule has 0 unspecified atom stereocenters. The van der Waals surface area contributed by atoms with Gasteiger partial charge < -0.3 is 10.3 Å². The number of nitrogens with zero attached hydrogens (tertiary/aromatic N) is 4. The molecule has 0 spiro atoms. The highest BCUT2D eigenvalue weighted by molar-refractivity contribution is 5.79. The zero-order valence-electron chi connectivity index (χ0n) is 11.9. The molecule has 0 aliphatic heterocycles. The predicted octanol–water partition coefficient (Wildman–Crippen LogP) is 2.39. The number of anilines is 1. The Morgan fingerprint density at radius 1 is 1.25 bits per heavy atom. The highest BCUT2D eigenvalue weighted by Gasteiger charge is 2.09. The van der Waals surface area contributed by atoms with Crippen molar-refractivity contribution < 1.29 is 0 Å². The molecule has 5 nitrogen and oxygen atoms in total. The summed E-state index contributed by atoms with van der Waals surface area (Å²) in [4.78, 5) is 4.66. The fourth-order valence-corrected chi connectivity index (χ4v) is 2.51. The topological polar surface area (TPSA) is 61.7 Å². The van der Waals surface area contributed by atoms with E-state index < -0.39 is 0 Å². The summed E-state index contributed by atoms with van der Waals surface area (Å²) in [6.07, 6.45) is 4.85. The van der Waals surface area contributed by atoms with Gasteiger partial charge in [0.1, 0.15) is 5.82 Å². The van der Waals surface area contributed by atoms with Gasteiger partial charge in [-0.1, -0.05) is 6.92 Å². The first kappa shape index (κ1) is 12.7. The highest BCUT2D eigenvalue weighted by atomic mass is 15.3. The number of benzene rings is 1. The molecular weight excluding hydrogens is 250 g/mol. The Hall–Kier alpha value is -2.30. The molecule has 0 aliphatic carbocycles. The van der Waals surface area contributed by atoms with E-state index in [-0.39, 0.29) is 0 Å². The number of aryl methyl sites for hydroxylation is 4. The lowest BCUT2D eigenvalue weighted by Gasteiger charge is -2.08. The maximum atomic E-state index is 5.83. The zero-order chi connectivity index (χ0) is 14.1. The van der Waals surface area contributed by atoms with Gasteiger partial charge >= 0.3 is 0 Å². The molecule has 0 radical (unpaired) electrons. The standard InChI is InChI=1S/C15H19N5/c1-3-15-18-13-8-12(16)4-5-14(13)20(15)7-6-19-10-11(2)9-17-19/h4-5,8-10H,3,6-7,16H2,1-2H3. The highest BCUT2D eigenvalue weighted by Crippen LogP contribution is 2.19. The van der Waals surface area contributed by atoms with Crippen LogP contribution in [0.5, 0.6) is 0 Å². The normalized spacial score (nSPS) is 11.3. The molecule has 20 heavy (non-hydrogen) atoms. The number of fused-ring (bicyclic) bond motifs is 1. The smallest absolute Gasteiger partial charge is 0.109 e. The summed E-state index contributed by atoms with van der Waals surface area (Å²) in [6, 6.07) is 5.91. The van der Waals surface area contributed by atoms with Crippen LogP contribution in [0.25, 0.3) is 11.0 Å². The molecule has 0 amide bonds. The second kappa shape index (κ2) is 5.00. The van der Waals surface area contributed by atoms with E-state index in [2.05, 4.69) is 34.7 Å². The molecule has 0 aliphatic rings. The van der Waals surface area contributed by atoms with Crippen LogP contribution in [0, 0.1) is 6.92 Å². The Morgan fingerprint density at radius 3 is 2.80 bits per heavy atom. The van der Waals surface area contributed by atoms with Crippen LogP contribution < -0.4 is 5.73 Å². The van der Waals surface area contributed by atoms with Gasteiger partial charge in [-0.3, -0.25) is 4.68 Å². The van der Waals surface area contributed by atoms with Crippen molar-refractivity contribution in [2.45, 2.75) is 33.4 Å². The fourth-order valence-electron chi connectivity index (χ4n) is 2.51. The number of hydrogen-bond acceptors (Lipinski definition) is 3. The van der Waals surface area contributed by atoms with E-state index in [0.717, 1.165) is 42.1 Å². The fraction of sp³-hybridized carbons (Fsp3) is 0.333. The molecule has 5 heteroatoms. The van der Waals surface area contributed by atoms with Gasteiger partial charge in [0.05, 0.1) is 23.8 Å². The number of nitrogen functional groups attached to an aromatic ring is 1. The van der Waals surface area contributed by atoms with Crippen LogP contribution in [0.3, 0.4) is 0 Å². The average molecular weight is 269 g/mol. The van der Waals surface area contributed by atoms with Gasteiger partial charge in [-0.15, -0.1) is 0 Å². The van der Waals surface area contributed by atoms with Crippen molar-refractivity contribution in [3.8, 4) is 0 Å². The van der Waals surface area contributed by atoms with Crippen LogP contribution in [-0.4, -0.2) is 19.3 Å². The lowest BCUT2D eigenvalue weighted by Crippen LogP contribution is -2.10. The Morgan fingerprint density at radius 2 is 2.10 bits per heavy atom. The largest absolute Gasteiger partial charge is 0.399 e. The van der Waals surface area contributed by atoms with Crippen LogP contribution in [0.1, 0.15) is 18.3 Å². The second-order valence-corrected chi connectivity index (χ2v) is 5.06. The summed E-state index contributed by atoms with van der Waals surface area (Å²) in [7, 11) is 0. The summed E-state index contributed by atoms with van der Waals surface area (Å²) in [6.45, 7) is 5.89. The third-order valence-corrected chi connectivity index (χ3v) is 3.48. The predicted molar refractivity (Wildman–Crippen MR) is 80.5 cm³/mol. The van der Waals surface area contributed by atoms with E-state index in [1.165, 1.54) is 5.56 Å². The first-order valence-corrected chi connectivity index (χ1v) is 6.91. The Bertz CT molecular complexity index is 738. The van der Waals surface area contributed by atoms with Crippen LogP contribution in [-0.2, 0) is 19.5 Å². The molecule has 0 fully saturated rings. The number of hydrogen-bond donors (Lipinski definition) is 1. The van der Waals surface area contributed by atoms with Crippen molar-refractivity contribution in [1.29, 1.82) is 0 Å². The van der Waals surface area contributed by atoms with Crippen LogP contribution >= 0.6 is 0 Å².